The second kappa shape index (κ2) is 10.0. The van der Waals surface area contributed by atoms with Crippen LogP contribution in [0.4, 0.5) is 13.2 Å². The standard InChI is InChI=1S/C25H22ClF3N2O3S/c26-20-9-11-21(12-10-20)35(33,34)31-15-22(18-7-4-8-19(13-18)25(27,28)29)23(16-31)24(32)30-14-17-5-2-1-3-6-17/h1-13,22-23H,14-16H2,(H,30,32)/t22-,23-/m1/s1. The van der Waals surface area contributed by atoms with Crippen LogP contribution >= 0.6 is 11.6 Å². The Morgan fingerprint density at radius 2 is 1.66 bits per heavy atom. The van der Waals surface area contributed by atoms with Crippen molar-refractivity contribution in [3.05, 3.63) is 101 Å². The van der Waals surface area contributed by atoms with Gasteiger partial charge in [-0.1, -0.05) is 60.1 Å². The number of rotatable bonds is 6. The highest BCUT2D eigenvalue weighted by Crippen LogP contribution is 2.38. The number of benzene rings is 3. The van der Waals surface area contributed by atoms with Crippen LogP contribution in [0.15, 0.2) is 83.8 Å². The van der Waals surface area contributed by atoms with Gasteiger partial charge in [-0.25, -0.2) is 8.42 Å². The summed E-state index contributed by atoms with van der Waals surface area (Å²) in [5.41, 5.74) is 0.256. The molecule has 1 heterocycles. The molecule has 1 N–H and O–H groups in total. The topological polar surface area (TPSA) is 66.5 Å². The minimum Gasteiger partial charge on any atom is -0.352 e. The fourth-order valence-electron chi connectivity index (χ4n) is 4.18. The van der Waals surface area contributed by atoms with Gasteiger partial charge in [-0.05, 0) is 41.5 Å². The van der Waals surface area contributed by atoms with Crippen molar-refractivity contribution in [1.82, 2.24) is 9.62 Å². The van der Waals surface area contributed by atoms with Gasteiger partial charge in [-0.3, -0.25) is 4.79 Å². The van der Waals surface area contributed by atoms with E-state index in [4.69, 9.17) is 11.6 Å². The first-order valence-corrected chi connectivity index (χ1v) is 12.6. The quantitative estimate of drug-likeness (QED) is 0.491. The van der Waals surface area contributed by atoms with E-state index in [2.05, 4.69) is 5.32 Å². The number of sulfonamides is 1. The van der Waals surface area contributed by atoms with Crippen molar-refractivity contribution >= 4 is 27.5 Å². The Kier molecular flexibility index (Phi) is 7.21. The number of hydrogen-bond donors (Lipinski definition) is 1. The first-order valence-electron chi connectivity index (χ1n) is 10.8. The van der Waals surface area contributed by atoms with Crippen molar-refractivity contribution in [2.45, 2.75) is 23.5 Å². The SMILES string of the molecule is O=C(NCc1ccccc1)[C@@H]1CN(S(=O)(=O)c2ccc(Cl)cc2)C[C@@H]1c1cccc(C(F)(F)F)c1. The van der Waals surface area contributed by atoms with E-state index in [1.807, 2.05) is 30.3 Å². The lowest BCUT2D eigenvalue weighted by atomic mass is 9.87. The molecule has 0 bridgehead atoms. The number of carbonyl (C=O) groups is 1. The van der Waals surface area contributed by atoms with Crippen LogP contribution in [0.3, 0.4) is 0 Å². The zero-order valence-corrected chi connectivity index (χ0v) is 19.9. The second-order valence-electron chi connectivity index (χ2n) is 8.32. The Labute approximate surface area is 206 Å². The smallest absolute Gasteiger partial charge is 0.352 e. The van der Waals surface area contributed by atoms with Crippen molar-refractivity contribution in [2.24, 2.45) is 5.92 Å². The van der Waals surface area contributed by atoms with E-state index >= 15 is 0 Å². The highest BCUT2D eigenvalue weighted by Gasteiger charge is 2.44. The highest BCUT2D eigenvalue weighted by molar-refractivity contribution is 7.89. The van der Waals surface area contributed by atoms with Crippen LogP contribution in [0.1, 0.15) is 22.6 Å². The van der Waals surface area contributed by atoms with Gasteiger partial charge in [0.25, 0.3) is 0 Å². The molecule has 2 atom stereocenters. The summed E-state index contributed by atoms with van der Waals surface area (Å²) in [5.74, 6) is -2.05. The summed E-state index contributed by atoms with van der Waals surface area (Å²) in [6.07, 6.45) is -4.56. The summed E-state index contributed by atoms with van der Waals surface area (Å²) in [5, 5.41) is 3.17. The van der Waals surface area contributed by atoms with E-state index in [0.29, 0.717) is 5.02 Å². The summed E-state index contributed by atoms with van der Waals surface area (Å²) in [4.78, 5) is 13.2. The molecule has 184 valence electrons. The fraction of sp³-hybridized carbons (Fsp3) is 0.240. The molecule has 10 heteroatoms. The number of nitrogens with one attached hydrogen (secondary N) is 1. The summed E-state index contributed by atoms with van der Waals surface area (Å²) in [7, 11) is -4.00. The third-order valence-corrected chi connectivity index (χ3v) is 8.12. The van der Waals surface area contributed by atoms with Crippen LogP contribution in [-0.4, -0.2) is 31.7 Å². The van der Waals surface area contributed by atoms with Gasteiger partial charge in [0.1, 0.15) is 0 Å². The Morgan fingerprint density at radius 3 is 2.31 bits per heavy atom. The van der Waals surface area contributed by atoms with E-state index in [0.717, 1.165) is 22.0 Å². The van der Waals surface area contributed by atoms with Crippen molar-refractivity contribution in [2.75, 3.05) is 13.1 Å². The number of amides is 1. The lowest BCUT2D eigenvalue weighted by molar-refractivity contribution is -0.137. The van der Waals surface area contributed by atoms with E-state index in [1.54, 1.807) is 0 Å². The first kappa shape index (κ1) is 25.2. The highest BCUT2D eigenvalue weighted by atomic mass is 35.5. The molecule has 0 unspecified atom stereocenters. The van der Waals surface area contributed by atoms with E-state index in [-0.39, 0.29) is 30.1 Å². The van der Waals surface area contributed by atoms with Gasteiger partial charge < -0.3 is 5.32 Å². The number of halogens is 4. The van der Waals surface area contributed by atoms with Crippen molar-refractivity contribution < 1.29 is 26.4 Å². The van der Waals surface area contributed by atoms with Gasteiger partial charge in [0.05, 0.1) is 16.4 Å². The van der Waals surface area contributed by atoms with Crippen LogP contribution in [0, 0.1) is 5.92 Å². The van der Waals surface area contributed by atoms with Crippen LogP contribution < -0.4 is 5.32 Å². The fourth-order valence-corrected chi connectivity index (χ4v) is 5.80. The lowest BCUT2D eigenvalue weighted by Crippen LogP contribution is -2.35. The molecule has 35 heavy (non-hydrogen) atoms. The third kappa shape index (κ3) is 5.69. The summed E-state index contributed by atoms with van der Waals surface area (Å²) in [6.45, 7) is -0.0718. The third-order valence-electron chi connectivity index (χ3n) is 6.03. The van der Waals surface area contributed by atoms with Gasteiger partial charge >= 0.3 is 6.18 Å². The van der Waals surface area contributed by atoms with Crippen LogP contribution in [0.5, 0.6) is 0 Å². The van der Waals surface area contributed by atoms with Crippen LogP contribution in [-0.2, 0) is 27.5 Å². The minimum absolute atomic E-state index is 0.00460. The Hall–Kier alpha value is -2.88. The van der Waals surface area contributed by atoms with Crippen molar-refractivity contribution in [1.29, 1.82) is 0 Å². The maximum atomic E-state index is 13.3. The molecular formula is C25H22ClF3N2O3S. The molecule has 3 aromatic rings. The average Bonchev–Trinajstić information content (AvgIpc) is 3.30. The van der Waals surface area contributed by atoms with Crippen molar-refractivity contribution in [3.63, 3.8) is 0 Å². The number of alkyl halides is 3. The van der Waals surface area contributed by atoms with Crippen molar-refractivity contribution in [3.8, 4) is 0 Å². The van der Waals surface area contributed by atoms with Gasteiger partial charge in [0.2, 0.25) is 15.9 Å². The normalized spacial score (nSPS) is 19.0. The summed E-state index contributed by atoms with van der Waals surface area (Å²) in [6, 6.07) is 19.5. The Bertz CT molecular complexity index is 1300. The van der Waals surface area contributed by atoms with Crippen LogP contribution in [0.25, 0.3) is 0 Å². The molecule has 4 rings (SSSR count). The molecule has 1 fully saturated rings. The molecule has 0 spiro atoms. The molecule has 3 aromatic carbocycles. The largest absolute Gasteiger partial charge is 0.416 e. The molecule has 5 nitrogen and oxygen atoms in total. The number of hydrogen-bond acceptors (Lipinski definition) is 3. The lowest BCUT2D eigenvalue weighted by Gasteiger charge is -2.19. The maximum Gasteiger partial charge on any atom is 0.416 e. The molecule has 1 saturated heterocycles. The predicted molar refractivity (Wildman–Crippen MR) is 126 cm³/mol. The summed E-state index contributed by atoms with van der Waals surface area (Å²) < 4.78 is 67.7. The molecule has 1 aliphatic heterocycles. The first-order chi connectivity index (χ1) is 16.6. The molecule has 1 amide bonds. The number of nitrogens with zero attached hydrogens (tertiary/aromatic N) is 1. The Morgan fingerprint density at radius 1 is 0.971 bits per heavy atom. The second-order valence-corrected chi connectivity index (χ2v) is 10.7. The van der Waals surface area contributed by atoms with Gasteiger partial charge in [0, 0.05) is 30.6 Å². The molecule has 0 radical (unpaired) electrons. The molecule has 0 aromatic heterocycles. The predicted octanol–water partition coefficient (Wildman–Crippen LogP) is 5.08. The van der Waals surface area contributed by atoms with Gasteiger partial charge in [0.15, 0.2) is 0 Å². The summed E-state index contributed by atoms with van der Waals surface area (Å²) >= 11 is 5.87. The van der Waals surface area contributed by atoms with Gasteiger partial charge in [-0.15, -0.1) is 0 Å². The van der Waals surface area contributed by atoms with Crippen LogP contribution in [0.2, 0.25) is 5.02 Å². The number of carbonyl (C=O) groups excluding carboxylic acids is 1. The van der Waals surface area contributed by atoms with E-state index < -0.39 is 39.5 Å². The minimum atomic E-state index is -4.56. The zero-order chi connectivity index (χ0) is 25.2. The molecule has 0 aliphatic carbocycles. The van der Waals surface area contributed by atoms with E-state index in [9.17, 15) is 26.4 Å². The van der Waals surface area contributed by atoms with Gasteiger partial charge in [-0.2, -0.15) is 17.5 Å². The Balaban J connectivity index is 1.64. The van der Waals surface area contributed by atoms with E-state index in [1.165, 1.54) is 36.4 Å². The molecule has 1 aliphatic rings. The monoisotopic (exact) mass is 522 g/mol. The molecular weight excluding hydrogens is 501 g/mol. The maximum absolute atomic E-state index is 13.3. The average molecular weight is 523 g/mol. The zero-order valence-electron chi connectivity index (χ0n) is 18.4. The molecule has 0 saturated carbocycles.